The van der Waals surface area contributed by atoms with Crippen LogP contribution in [0.25, 0.3) is 10.4 Å². The Morgan fingerprint density at radius 1 is 1.22 bits per heavy atom. The largest absolute Gasteiger partial charge is 0.456 e. The van der Waals surface area contributed by atoms with Crippen LogP contribution in [0, 0.1) is 18.6 Å². The molecule has 5 nitrogen and oxygen atoms in total. The van der Waals surface area contributed by atoms with Crippen molar-refractivity contribution in [1.82, 2.24) is 4.98 Å². The average molecular weight is 386 g/mol. The Morgan fingerprint density at radius 2 is 1.96 bits per heavy atom. The first-order chi connectivity index (χ1) is 12.9. The highest BCUT2D eigenvalue weighted by Gasteiger charge is 2.27. The quantitative estimate of drug-likeness (QED) is 0.666. The maximum absolute atomic E-state index is 13.8. The van der Waals surface area contributed by atoms with Crippen LogP contribution in [0.4, 0.5) is 13.9 Å². The third-order valence-corrected chi connectivity index (χ3v) is 5.10. The second kappa shape index (κ2) is 6.55. The Hall–Kier alpha value is -3.13. The van der Waals surface area contributed by atoms with Gasteiger partial charge in [0.1, 0.15) is 23.8 Å². The normalized spacial score (nSPS) is 12.6. The number of hydrogen-bond acceptors (Lipinski definition) is 5. The molecule has 4 rings (SSSR count). The van der Waals surface area contributed by atoms with Crippen molar-refractivity contribution in [3.05, 3.63) is 70.4 Å². The molecule has 0 spiro atoms. The number of esters is 1. The van der Waals surface area contributed by atoms with E-state index in [1.165, 1.54) is 6.07 Å². The van der Waals surface area contributed by atoms with E-state index >= 15 is 0 Å². The number of aryl methyl sites for hydroxylation is 1. The Bertz CT molecular complexity index is 1070. The Balaban J connectivity index is 1.74. The molecule has 27 heavy (non-hydrogen) atoms. The summed E-state index contributed by atoms with van der Waals surface area (Å²) in [5, 5.41) is 2.42. The Morgan fingerprint density at radius 3 is 2.70 bits per heavy atom. The molecule has 1 aliphatic rings. The predicted octanol–water partition coefficient (Wildman–Crippen LogP) is 4.32. The van der Waals surface area contributed by atoms with Gasteiger partial charge in [0, 0.05) is 5.56 Å². The Kier molecular flexibility index (Phi) is 4.19. The molecule has 136 valence electrons. The summed E-state index contributed by atoms with van der Waals surface area (Å²) in [6, 6.07) is 8.82. The van der Waals surface area contributed by atoms with Crippen LogP contribution in [0.5, 0.6) is 0 Å². The van der Waals surface area contributed by atoms with Gasteiger partial charge < -0.3 is 4.74 Å². The number of amides is 1. The van der Waals surface area contributed by atoms with E-state index in [1.807, 2.05) is 25.1 Å². The zero-order valence-electron chi connectivity index (χ0n) is 14.0. The minimum atomic E-state index is -0.981. The molecule has 1 aromatic heterocycles. The third kappa shape index (κ3) is 3.08. The number of ether oxygens (including phenoxy) is 1. The second-order valence-corrected chi connectivity index (χ2v) is 6.98. The first kappa shape index (κ1) is 17.3. The van der Waals surface area contributed by atoms with Crippen molar-refractivity contribution in [2.45, 2.75) is 13.5 Å². The minimum Gasteiger partial charge on any atom is -0.456 e. The van der Waals surface area contributed by atoms with E-state index in [4.69, 9.17) is 4.74 Å². The molecule has 0 unspecified atom stereocenters. The van der Waals surface area contributed by atoms with Gasteiger partial charge in [-0.1, -0.05) is 41.2 Å². The molecule has 3 aromatic rings. The van der Waals surface area contributed by atoms with Crippen molar-refractivity contribution in [2.24, 2.45) is 0 Å². The SMILES string of the molecule is Cc1ccc2c(c1)-c1sc(NC(=O)c3c(F)cccc3F)nc1C(=O)OC2. The molecule has 1 N–H and O–H groups in total. The molecule has 0 aliphatic carbocycles. The van der Waals surface area contributed by atoms with Crippen LogP contribution in [0.15, 0.2) is 36.4 Å². The molecular weight excluding hydrogens is 374 g/mol. The summed E-state index contributed by atoms with van der Waals surface area (Å²) in [7, 11) is 0. The topological polar surface area (TPSA) is 68.3 Å². The van der Waals surface area contributed by atoms with Crippen molar-refractivity contribution < 1.29 is 23.1 Å². The molecule has 2 heterocycles. The fraction of sp³-hybridized carbons (Fsp3) is 0.105. The maximum atomic E-state index is 13.8. The molecule has 1 aliphatic heterocycles. The average Bonchev–Trinajstić information content (AvgIpc) is 2.99. The number of carbonyl (C=O) groups is 2. The van der Waals surface area contributed by atoms with Crippen molar-refractivity contribution >= 4 is 28.3 Å². The monoisotopic (exact) mass is 386 g/mol. The summed E-state index contributed by atoms with van der Waals surface area (Å²) < 4.78 is 32.8. The maximum Gasteiger partial charge on any atom is 0.358 e. The molecule has 0 atom stereocenters. The molecule has 0 fully saturated rings. The summed E-state index contributed by atoms with van der Waals surface area (Å²) in [4.78, 5) is 29.2. The second-order valence-electron chi connectivity index (χ2n) is 5.98. The van der Waals surface area contributed by atoms with Crippen molar-refractivity contribution in [2.75, 3.05) is 5.32 Å². The number of fused-ring (bicyclic) bond motifs is 3. The van der Waals surface area contributed by atoms with Gasteiger partial charge in [-0.15, -0.1) is 0 Å². The summed E-state index contributed by atoms with van der Waals surface area (Å²) in [5.41, 5.74) is 1.94. The summed E-state index contributed by atoms with van der Waals surface area (Å²) in [6.07, 6.45) is 0. The molecular formula is C19H12F2N2O3S. The predicted molar refractivity (Wildman–Crippen MR) is 95.7 cm³/mol. The zero-order valence-corrected chi connectivity index (χ0v) is 14.8. The van der Waals surface area contributed by atoms with E-state index in [0.29, 0.717) is 4.88 Å². The van der Waals surface area contributed by atoms with E-state index < -0.39 is 29.1 Å². The molecule has 0 saturated heterocycles. The van der Waals surface area contributed by atoms with Crippen LogP contribution in [0.1, 0.15) is 32.0 Å². The van der Waals surface area contributed by atoms with Gasteiger partial charge >= 0.3 is 5.97 Å². The molecule has 0 bridgehead atoms. The lowest BCUT2D eigenvalue weighted by molar-refractivity contribution is 0.0472. The van der Waals surface area contributed by atoms with Gasteiger partial charge in [-0.25, -0.2) is 18.6 Å². The van der Waals surface area contributed by atoms with Crippen LogP contribution in [-0.4, -0.2) is 16.9 Å². The van der Waals surface area contributed by atoms with E-state index in [2.05, 4.69) is 10.3 Å². The molecule has 0 radical (unpaired) electrons. The lowest BCUT2D eigenvalue weighted by atomic mass is 10.0. The lowest BCUT2D eigenvalue weighted by Crippen LogP contribution is -2.16. The number of halogens is 2. The highest BCUT2D eigenvalue weighted by Crippen LogP contribution is 2.38. The van der Waals surface area contributed by atoms with Gasteiger partial charge in [-0.2, -0.15) is 0 Å². The van der Waals surface area contributed by atoms with Gasteiger partial charge in [0.15, 0.2) is 10.8 Å². The number of benzene rings is 2. The highest BCUT2D eigenvalue weighted by molar-refractivity contribution is 7.19. The number of aromatic nitrogens is 1. The summed E-state index contributed by atoms with van der Waals surface area (Å²) in [6.45, 7) is 2.04. The standard InChI is InChI=1S/C19H12F2N2O3S/c1-9-5-6-10-8-26-18(25)15-16(11(10)7-9)27-19(22-15)23-17(24)14-12(20)3-2-4-13(14)21/h2-7H,8H2,1H3,(H,22,23,24). The van der Waals surface area contributed by atoms with E-state index in [9.17, 15) is 18.4 Å². The van der Waals surface area contributed by atoms with Crippen LogP contribution >= 0.6 is 11.3 Å². The van der Waals surface area contributed by atoms with Gasteiger partial charge in [-0.3, -0.25) is 10.1 Å². The van der Waals surface area contributed by atoms with Gasteiger partial charge in [-0.05, 0) is 24.6 Å². The van der Waals surface area contributed by atoms with E-state index in [1.54, 1.807) is 0 Å². The fourth-order valence-corrected chi connectivity index (χ4v) is 3.81. The number of nitrogens with zero attached hydrogens (tertiary/aromatic N) is 1. The van der Waals surface area contributed by atoms with Crippen LogP contribution in [0.3, 0.4) is 0 Å². The van der Waals surface area contributed by atoms with E-state index in [-0.39, 0.29) is 17.4 Å². The number of thiazole rings is 1. The van der Waals surface area contributed by atoms with Crippen molar-refractivity contribution in [1.29, 1.82) is 0 Å². The third-order valence-electron chi connectivity index (χ3n) is 4.10. The Labute approximate surface area is 156 Å². The number of cyclic esters (lactones) is 1. The summed E-state index contributed by atoms with van der Waals surface area (Å²) in [5.74, 6) is -3.56. The van der Waals surface area contributed by atoms with Crippen LogP contribution in [0.2, 0.25) is 0 Å². The first-order valence-electron chi connectivity index (χ1n) is 7.97. The van der Waals surface area contributed by atoms with Crippen molar-refractivity contribution in [3.63, 3.8) is 0 Å². The minimum absolute atomic E-state index is 0.0546. The van der Waals surface area contributed by atoms with Crippen molar-refractivity contribution in [3.8, 4) is 10.4 Å². The van der Waals surface area contributed by atoms with E-state index in [0.717, 1.165) is 40.2 Å². The van der Waals surface area contributed by atoms with Crippen LogP contribution < -0.4 is 5.32 Å². The smallest absolute Gasteiger partial charge is 0.358 e. The fourth-order valence-electron chi connectivity index (χ4n) is 2.81. The van der Waals surface area contributed by atoms with Gasteiger partial charge in [0.2, 0.25) is 0 Å². The number of nitrogens with one attached hydrogen (secondary N) is 1. The zero-order chi connectivity index (χ0) is 19.1. The first-order valence-corrected chi connectivity index (χ1v) is 8.79. The number of carbonyl (C=O) groups excluding carboxylic acids is 2. The molecule has 1 amide bonds. The summed E-state index contributed by atoms with van der Waals surface area (Å²) >= 11 is 1.05. The number of anilines is 1. The van der Waals surface area contributed by atoms with Gasteiger partial charge in [0.05, 0.1) is 4.88 Å². The molecule has 0 saturated carbocycles. The molecule has 2 aromatic carbocycles. The van der Waals surface area contributed by atoms with Crippen LogP contribution in [-0.2, 0) is 11.3 Å². The number of hydrogen-bond donors (Lipinski definition) is 1. The lowest BCUT2D eigenvalue weighted by Gasteiger charge is -2.06. The van der Waals surface area contributed by atoms with Gasteiger partial charge in [0.25, 0.3) is 5.91 Å². The molecule has 8 heteroatoms. The highest BCUT2D eigenvalue weighted by atomic mass is 32.1. The number of rotatable bonds is 2.